The summed E-state index contributed by atoms with van der Waals surface area (Å²) in [5.74, 6) is -0.812. The van der Waals surface area contributed by atoms with E-state index in [0.29, 0.717) is 44.0 Å². The molecule has 1 fully saturated rings. The maximum Gasteiger partial charge on any atom is 0.387 e. The number of piperazine rings is 1. The van der Waals surface area contributed by atoms with Gasteiger partial charge in [-0.2, -0.15) is 8.78 Å². The van der Waals surface area contributed by atoms with Crippen LogP contribution in [-0.2, 0) is 6.54 Å². The second-order valence-electron chi connectivity index (χ2n) is 8.18. The van der Waals surface area contributed by atoms with Gasteiger partial charge in [-0.3, -0.25) is 9.80 Å². The molecule has 0 unspecified atom stereocenters. The lowest BCUT2D eigenvalue weighted by atomic mass is 10.0. The molecule has 2 heterocycles. The van der Waals surface area contributed by atoms with Crippen molar-refractivity contribution in [2.75, 3.05) is 38.5 Å². The number of hydrogen-bond acceptors (Lipinski definition) is 5. The van der Waals surface area contributed by atoms with E-state index in [1.165, 1.54) is 6.07 Å². The Morgan fingerprint density at radius 2 is 1.70 bits per heavy atom. The summed E-state index contributed by atoms with van der Waals surface area (Å²) in [6, 6.07) is 9.83. The number of carbonyl (C=O) groups is 1. The number of halogens is 4. The van der Waals surface area contributed by atoms with Crippen LogP contribution in [0, 0.1) is 6.92 Å². The number of nitrogens with zero attached hydrogens (tertiary/aromatic N) is 2. The molecule has 7 nitrogen and oxygen atoms in total. The van der Waals surface area contributed by atoms with Crippen molar-refractivity contribution >= 4 is 22.6 Å². The summed E-state index contributed by atoms with van der Waals surface area (Å²) >= 11 is 0. The highest BCUT2D eigenvalue weighted by molar-refractivity contribution is 5.93. The molecule has 0 spiro atoms. The van der Waals surface area contributed by atoms with E-state index in [2.05, 4.69) is 9.88 Å². The van der Waals surface area contributed by atoms with Crippen LogP contribution in [0.3, 0.4) is 0 Å². The van der Waals surface area contributed by atoms with Crippen molar-refractivity contribution < 1.29 is 32.2 Å². The molecule has 0 aliphatic carbocycles. The molecule has 204 valence electrons. The minimum absolute atomic E-state index is 0.155. The second-order valence-corrected chi connectivity index (χ2v) is 8.18. The third kappa shape index (κ3) is 8.64. The first-order valence-electron chi connectivity index (χ1n) is 12.0. The molecule has 0 saturated carbocycles. The van der Waals surface area contributed by atoms with Crippen molar-refractivity contribution in [2.45, 2.75) is 40.4 Å². The summed E-state index contributed by atoms with van der Waals surface area (Å²) in [6.07, 6.45) is -0.567. The highest BCUT2D eigenvalue weighted by atomic mass is 19.3. The summed E-state index contributed by atoms with van der Waals surface area (Å²) in [4.78, 5) is 17.3. The Balaban J connectivity index is 0.000000336. The zero-order chi connectivity index (χ0) is 27.5. The van der Waals surface area contributed by atoms with Gasteiger partial charge in [0.1, 0.15) is 5.75 Å². The van der Waals surface area contributed by atoms with Crippen molar-refractivity contribution in [2.24, 2.45) is 0 Å². The number of aromatic amines is 1. The average molecular weight is 527 g/mol. The second kappa shape index (κ2) is 14.4. The van der Waals surface area contributed by atoms with Crippen LogP contribution >= 0.6 is 0 Å². The molecule has 0 bridgehead atoms. The van der Waals surface area contributed by atoms with E-state index in [-0.39, 0.29) is 17.9 Å². The van der Waals surface area contributed by atoms with Crippen molar-refractivity contribution in [3.05, 3.63) is 59.3 Å². The van der Waals surface area contributed by atoms with Crippen LogP contribution in [0.2, 0.25) is 0 Å². The Kier molecular flexibility index (Phi) is 11.7. The van der Waals surface area contributed by atoms with Gasteiger partial charge < -0.3 is 20.6 Å². The number of H-pyrrole nitrogens is 1. The normalized spacial score (nSPS) is 14.2. The fraction of sp³-hybridized carbons (Fsp3) is 0.423. The van der Waals surface area contributed by atoms with Crippen LogP contribution in [0.5, 0.6) is 5.75 Å². The number of benzene rings is 2. The van der Waals surface area contributed by atoms with Gasteiger partial charge in [0.2, 0.25) is 0 Å². The van der Waals surface area contributed by atoms with E-state index in [0.717, 1.165) is 16.5 Å². The summed E-state index contributed by atoms with van der Waals surface area (Å²) in [7, 11) is 0. The van der Waals surface area contributed by atoms with Crippen LogP contribution in [0.25, 0.3) is 10.9 Å². The molecule has 11 heteroatoms. The molecule has 4 rings (SSSR count). The van der Waals surface area contributed by atoms with Crippen LogP contribution in [-0.4, -0.2) is 71.6 Å². The monoisotopic (exact) mass is 526 g/mol. The number of anilines is 1. The number of ether oxygens (including phenoxy) is 1. The van der Waals surface area contributed by atoms with Crippen LogP contribution in [0.4, 0.5) is 23.2 Å². The Morgan fingerprint density at radius 1 is 1.08 bits per heavy atom. The van der Waals surface area contributed by atoms with E-state index in [9.17, 15) is 22.4 Å². The number of nitrogens with two attached hydrogens (primary N) is 1. The summed E-state index contributed by atoms with van der Waals surface area (Å²) in [5.41, 5.74) is 8.23. The van der Waals surface area contributed by atoms with Gasteiger partial charge >= 0.3 is 12.6 Å². The SMILES string of the molecule is CC.Cc1cc(OC(F)F)c(CN2CCN(CC(F)F)CC2)c2cc[nH]c12.Nc1ccccc1C(=O)O. The first kappa shape index (κ1) is 29.9. The van der Waals surface area contributed by atoms with E-state index in [1.54, 1.807) is 35.4 Å². The minimum Gasteiger partial charge on any atom is -0.478 e. The maximum atomic E-state index is 12.8. The number of aryl methyl sites for hydroxylation is 1. The van der Waals surface area contributed by atoms with Gasteiger partial charge in [0.15, 0.2) is 0 Å². The lowest BCUT2D eigenvalue weighted by molar-refractivity contribution is -0.0508. The van der Waals surface area contributed by atoms with Gasteiger partial charge in [-0.1, -0.05) is 26.0 Å². The molecule has 1 aliphatic heterocycles. The number of fused-ring (bicyclic) bond motifs is 1. The Hall–Kier alpha value is -3.31. The predicted octanol–water partition coefficient (Wildman–Crippen LogP) is 5.45. The molecule has 1 saturated heterocycles. The molecule has 37 heavy (non-hydrogen) atoms. The van der Waals surface area contributed by atoms with Gasteiger partial charge in [0, 0.05) is 61.1 Å². The van der Waals surface area contributed by atoms with Gasteiger partial charge in [-0.25, -0.2) is 13.6 Å². The third-order valence-corrected chi connectivity index (χ3v) is 5.76. The van der Waals surface area contributed by atoms with Crippen molar-refractivity contribution in [1.29, 1.82) is 0 Å². The van der Waals surface area contributed by atoms with Gasteiger partial charge in [-0.15, -0.1) is 0 Å². The van der Waals surface area contributed by atoms with E-state index < -0.39 is 19.0 Å². The fourth-order valence-corrected chi connectivity index (χ4v) is 4.04. The zero-order valence-electron chi connectivity index (χ0n) is 21.2. The first-order chi connectivity index (χ1) is 17.7. The molecule has 1 aromatic heterocycles. The fourth-order valence-electron chi connectivity index (χ4n) is 4.04. The number of nitrogens with one attached hydrogen (secondary N) is 1. The van der Waals surface area contributed by atoms with Gasteiger partial charge in [0.25, 0.3) is 6.43 Å². The molecule has 0 atom stereocenters. The molecule has 2 aromatic carbocycles. The highest BCUT2D eigenvalue weighted by Crippen LogP contribution is 2.33. The van der Waals surface area contributed by atoms with Crippen molar-refractivity contribution in [3.63, 3.8) is 0 Å². The zero-order valence-corrected chi connectivity index (χ0v) is 21.2. The average Bonchev–Trinajstić information content (AvgIpc) is 3.34. The lowest BCUT2D eigenvalue weighted by Crippen LogP contribution is -2.47. The number of rotatable bonds is 7. The molecular weight excluding hydrogens is 492 g/mol. The quantitative estimate of drug-likeness (QED) is 0.280. The van der Waals surface area contributed by atoms with Gasteiger partial charge in [0.05, 0.1) is 12.1 Å². The largest absolute Gasteiger partial charge is 0.478 e. The van der Waals surface area contributed by atoms with Crippen molar-refractivity contribution in [3.8, 4) is 5.75 Å². The molecule has 0 radical (unpaired) electrons. The Bertz CT molecular complexity index is 1130. The van der Waals surface area contributed by atoms with Crippen molar-refractivity contribution in [1.82, 2.24) is 14.8 Å². The predicted molar refractivity (Wildman–Crippen MR) is 137 cm³/mol. The maximum absolute atomic E-state index is 12.8. The number of carboxylic acid groups (broad SMARTS) is 1. The number of hydrogen-bond donors (Lipinski definition) is 3. The van der Waals surface area contributed by atoms with Crippen LogP contribution in [0.15, 0.2) is 42.6 Å². The lowest BCUT2D eigenvalue weighted by Gasteiger charge is -2.34. The Labute approximate surface area is 213 Å². The molecule has 1 aliphatic rings. The third-order valence-electron chi connectivity index (χ3n) is 5.76. The van der Waals surface area contributed by atoms with E-state index >= 15 is 0 Å². The number of para-hydroxylation sites is 1. The Morgan fingerprint density at radius 3 is 2.24 bits per heavy atom. The standard InChI is InChI=1S/C17H21F4N3O.C7H7NO2.C2H6/c1-11-8-14(25-17(20)21)13(12-2-3-22-16(11)12)9-23-4-6-24(7-5-23)10-15(18)19;8-6-4-2-1-3-5(6)7(9)10;1-2/h2-3,8,15,17,22H,4-7,9-10H2,1H3;1-4H,8H2,(H,9,10);1-2H3. The number of carboxylic acids is 1. The molecule has 4 N–H and O–H groups in total. The highest BCUT2D eigenvalue weighted by Gasteiger charge is 2.23. The number of alkyl halides is 4. The summed E-state index contributed by atoms with van der Waals surface area (Å²) in [5, 5.41) is 9.34. The summed E-state index contributed by atoms with van der Waals surface area (Å²) in [6.45, 7) is 5.47. The number of aromatic nitrogens is 1. The molecule has 0 amide bonds. The van der Waals surface area contributed by atoms with Crippen LogP contribution < -0.4 is 10.5 Å². The first-order valence-corrected chi connectivity index (χ1v) is 12.0. The molecule has 3 aromatic rings. The summed E-state index contributed by atoms with van der Waals surface area (Å²) < 4.78 is 55.2. The van der Waals surface area contributed by atoms with Gasteiger partial charge in [-0.05, 0) is 36.8 Å². The van der Waals surface area contributed by atoms with E-state index in [1.807, 2.05) is 26.8 Å². The van der Waals surface area contributed by atoms with Crippen LogP contribution in [0.1, 0.15) is 35.3 Å². The smallest absolute Gasteiger partial charge is 0.387 e. The molecular formula is C26H34F4N4O3. The topological polar surface area (TPSA) is 94.8 Å². The number of aromatic carboxylic acids is 1. The number of nitrogen functional groups attached to an aromatic ring is 1. The van der Waals surface area contributed by atoms with E-state index in [4.69, 9.17) is 15.6 Å². The minimum atomic E-state index is -2.89.